The van der Waals surface area contributed by atoms with E-state index in [2.05, 4.69) is 41.9 Å². The monoisotopic (exact) mass is 313 g/mol. The van der Waals surface area contributed by atoms with Gasteiger partial charge in [0.15, 0.2) is 5.78 Å². The second-order valence-corrected chi connectivity index (χ2v) is 7.36. The summed E-state index contributed by atoms with van der Waals surface area (Å²) in [5, 5.41) is 10.4. The lowest BCUT2D eigenvalue weighted by Gasteiger charge is -2.44. The van der Waals surface area contributed by atoms with E-state index in [4.69, 9.17) is 0 Å². The minimum absolute atomic E-state index is 0.197. The number of carbonyl (C=O) groups is 1. The van der Waals surface area contributed by atoms with E-state index in [1.165, 1.54) is 24.8 Å². The van der Waals surface area contributed by atoms with Crippen molar-refractivity contribution in [2.24, 2.45) is 23.7 Å². The number of allylic oxidation sites excluding steroid dienone is 3. The van der Waals surface area contributed by atoms with E-state index in [9.17, 15) is 4.79 Å². The fourth-order valence-corrected chi connectivity index (χ4v) is 4.41. The predicted octanol–water partition coefficient (Wildman–Crippen LogP) is 3.88. The highest BCUT2D eigenvalue weighted by Gasteiger charge is 2.39. The van der Waals surface area contributed by atoms with Crippen LogP contribution >= 0.6 is 0 Å². The number of fused-ring (bicyclic) bond motifs is 1. The topological polar surface area (TPSA) is 58.6 Å². The molecule has 1 saturated carbocycles. The average molecular weight is 313 g/mol. The standard InChI is InChI=1S/C19H27N3O/c1-12-4-7-16-13(2)5-8-17(18(16)10-12)14(3)19(23)9-6-15-11-20-22-21-15/h10-11,13,16-18H,3-9H2,1-2H3,(H,20,21,22)/t13-,16+,17+,18+/m1/s1. The van der Waals surface area contributed by atoms with Gasteiger partial charge in [-0.05, 0) is 61.9 Å². The number of nitrogens with one attached hydrogen (secondary N) is 1. The van der Waals surface area contributed by atoms with Crippen molar-refractivity contribution in [3.05, 3.63) is 35.7 Å². The zero-order valence-electron chi connectivity index (χ0n) is 14.2. The van der Waals surface area contributed by atoms with Crippen LogP contribution in [0, 0.1) is 23.7 Å². The summed E-state index contributed by atoms with van der Waals surface area (Å²) in [4.78, 5) is 12.6. The molecule has 3 rings (SSSR count). The number of nitrogens with zero attached hydrogens (tertiary/aromatic N) is 2. The Labute approximate surface area is 138 Å². The molecule has 0 bridgehead atoms. The molecule has 0 aliphatic heterocycles. The van der Waals surface area contributed by atoms with Crippen LogP contribution in [0.2, 0.25) is 0 Å². The number of Topliss-reactive ketones (excluding diaryl/α,β-unsaturated/α-hetero) is 1. The van der Waals surface area contributed by atoms with E-state index < -0.39 is 0 Å². The van der Waals surface area contributed by atoms with E-state index in [1.807, 2.05) is 0 Å². The molecule has 1 heterocycles. The van der Waals surface area contributed by atoms with Crippen LogP contribution < -0.4 is 0 Å². The molecule has 23 heavy (non-hydrogen) atoms. The first kappa shape index (κ1) is 16.2. The van der Waals surface area contributed by atoms with Crippen molar-refractivity contribution in [2.75, 3.05) is 0 Å². The Kier molecular flexibility index (Phi) is 4.79. The van der Waals surface area contributed by atoms with Crippen molar-refractivity contribution >= 4 is 5.78 Å². The lowest BCUT2D eigenvalue weighted by molar-refractivity contribution is -0.116. The third-order valence-corrected chi connectivity index (χ3v) is 5.85. The third kappa shape index (κ3) is 3.46. The number of aryl methyl sites for hydroxylation is 1. The van der Waals surface area contributed by atoms with Crippen LogP contribution in [0.15, 0.2) is 30.0 Å². The summed E-state index contributed by atoms with van der Waals surface area (Å²) in [6.07, 6.45) is 10.0. The number of aromatic amines is 1. The zero-order chi connectivity index (χ0) is 16.4. The minimum Gasteiger partial charge on any atom is -0.295 e. The normalized spacial score (nSPS) is 30.4. The molecule has 1 N–H and O–H groups in total. The molecule has 2 aliphatic carbocycles. The van der Waals surface area contributed by atoms with E-state index in [0.717, 1.165) is 29.5 Å². The molecule has 0 saturated heterocycles. The average Bonchev–Trinajstić information content (AvgIpc) is 3.05. The first-order valence-corrected chi connectivity index (χ1v) is 8.80. The van der Waals surface area contributed by atoms with Crippen molar-refractivity contribution in [2.45, 2.75) is 52.4 Å². The highest BCUT2D eigenvalue weighted by molar-refractivity contribution is 5.95. The van der Waals surface area contributed by atoms with Gasteiger partial charge >= 0.3 is 0 Å². The van der Waals surface area contributed by atoms with E-state index >= 15 is 0 Å². The van der Waals surface area contributed by atoms with Crippen molar-refractivity contribution in [1.82, 2.24) is 15.4 Å². The number of hydrogen-bond acceptors (Lipinski definition) is 3. The Bertz CT molecular complexity index is 602. The van der Waals surface area contributed by atoms with Gasteiger partial charge in [-0.3, -0.25) is 4.79 Å². The number of ketones is 1. The SMILES string of the molecule is C=C(C(=O)CCc1cn[nH]n1)[C@@H]1CC[C@@H](C)[C@@H]2CCC(C)=C[C@@H]21. The van der Waals surface area contributed by atoms with Gasteiger partial charge in [0.1, 0.15) is 0 Å². The number of hydrogen-bond donors (Lipinski definition) is 1. The summed E-state index contributed by atoms with van der Waals surface area (Å²) < 4.78 is 0. The Balaban J connectivity index is 1.67. The first-order valence-electron chi connectivity index (χ1n) is 8.80. The molecule has 124 valence electrons. The number of rotatable bonds is 5. The molecular formula is C19H27N3O. The number of H-pyrrole nitrogens is 1. The molecule has 0 aromatic carbocycles. The summed E-state index contributed by atoms with van der Waals surface area (Å²) in [7, 11) is 0. The fraction of sp³-hybridized carbons (Fsp3) is 0.632. The lowest BCUT2D eigenvalue weighted by Crippen LogP contribution is -2.36. The van der Waals surface area contributed by atoms with Crippen LogP contribution in [-0.4, -0.2) is 21.2 Å². The second kappa shape index (κ2) is 6.81. The minimum atomic E-state index is 0.197. The summed E-state index contributed by atoms with van der Waals surface area (Å²) in [5.41, 5.74) is 3.16. The van der Waals surface area contributed by atoms with Crippen molar-refractivity contribution < 1.29 is 4.79 Å². The molecular weight excluding hydrogens is 286 g/mol. The summed E-state index contributed by atoms with van der Waals surface area (Å²) >= 11 is 0. The predicted molar refractivity (Wildman–Crippen MR) is 90.7 cm³/mol. The molecule has 1 aromatic rings. The Morgan fingerprint density at radius 3 is 2.96 bits per heavy atom. The van der Waals surface area contributed by atoms with Crippen molar-refractivity contribution in [3.63, 3.8) is 0 Å². The zero-order valence-corrected chi connectivity index (χ0v) is 14.2. The molecule has 1 aromatic heterocycles. The van der Waals surface area contributed by atoms with Gasteiger partial charge in [0, 0.05) is 12.8 Å². The van der Waals surface area contributed by atoms with Crippen LogP contribution in [0.4, 0.5) is 0 Å². The van der Waals surface area contributed by atoms with Crippen LogP contribution in [0.1, 0.15) is 51.6 Å². The van der Waals surface area contributed by atoms with Crippen LogP contribution in [0.3, 0.4) is 0 Å². The van der Waals surface area contributed by atoms with Gasteiger partial charge in [0.25, 0.3) is 0 Å². The van der Waals surface area contributed by atoms with E-state index in [1.54, 1.807) is 6.20 Å². The molecule has 4 heteroatoms. The quantitative estimate of drug-likeness (QED) is 0.663. The van der Waals surface area contributed by atoms with E-state index in [0.29, 0.717) is 24.7 Å². The van der Waals surface area contributed by atoms with Crippen LogP contribution in [-0.2, 0) is 11.2 Å². The highest BCUT2D eigenvalue weighted by atomic mass is 16.1. The van der Waals surface area contributed by atoms with E-state index in [-0.39, 0.29) is 5.78 Å². The second-order valence-electron chi connectivity index (χ2n) is 7.36. The Morgan fingerprint density at radius 2 is 2.22 bits per heavy atom. The fourth-order valence-electron chi connectivity index (χ4n) is 4.41. The van der Waals surface area contributed by atoms with Crippen LogP contribution in [0.5, 0.6) is 0 Å². The summed E-state index contributed by atoms with van der Waals surface area (Å²) in [5.74, 6) is 2.52. The van der Waals surface area contributed by atoms with Gasteiger partial charge in [0.2, 0.25) is 0 Å². The molecule has 0 spiro atoms. The number of aromatic nitrogens is 3. The maximum Gasteiger partial charge on any atom is 0.158 e. The van der Waals surface area contributed by atoms with Crippen molar-refractivity contribution in [1.29, 1.82) is 0 Å². The summed E-state index contributed by atoms with van der Waals surface area (Å²) in [6, 6.07) is 0. The Morgan fingerprint density at radius 1 is 1.39 bits per heavy atom. The maximum atomic E-state index is 12.6. The van der Waals surface area contributed by atoms with Gasteiger partial charge in [-0.15, -0.1) is 0 Å². The smallest absolute Gasteiger partial charge is 0.158 e. The molecule has 1 fully saturated rings. The van der Waals surface area contributed by atoms with Crippen LogP contribution in [0.25, 0.3) is 0 Å². The van der Waals surface area contributed by atoms with Gasteiger partial charge in [-0.1, -0.05) is 25.2 Å². The molecule has 0 amide bonds. The van der Waals surface area contributed by atoms with Gasteiger partial charge in [-0.25, -0.2) is 0 Å². The van der Waals surface area contributed by atoms with Gasteiger partial charge in [-0.2, -0.15) is 15.4 Å². The van der Waals surface area contributed by atoms with Gasteiger partial charge in [0.05, 0.1) is 11.9 Å². The molecule has 4 atom stereocenters. The molecule has 2 aliphatic rings. The molecule has 4 nitrogen and oxygen atoms in total. The third-order valence-electron chi connectivity index (χ3n) is 5.85. The maximum absolute atomic E-state index is 12.6. The lowest BCUT2D eigenvalue weighted by atomic mass is 9.61. The molecule has 0 radical (unpaired) electrons. The molecule has 0 unspecified atom stereocenters. The van der Waals surface area contributed by atoms with Crippen molar-refractivity contribution in [3.8, 4) is 0 Å². The summed E-state index contributed by atoms with van der Waals surface area (Å²) in [6.45, 7) is 8.79. The van der Waals surface area contributed by atoms with Gasteiger partial charge < -0.3 is 0 Å². The highest BCUT2D eigenvalue weighted by Crippen LogP contribution is 2.47. The Hall–Kier alpha value is -1.71. The largest absolute Gasteiger partial charge is 0.295 e. The number of carbonyl (C=O) groups excluding carboxylic acids is 1. The first-order chi connectivity index (χ1) is 11.1.